The lowest BCUT2D eigenvalue weighted by Gasteiger charge is -2.26. The normalized spacial score (nSPS) is 14.7. The highest BCUT2D eigenvalue weighted by Gasteiger charge is 2.10. The first-order valence-electron chi connectivity index (χ1n) is 9.64. The first kappa shape index (κ1) is 19.3. The van der Waals surface area contributed by atoms with Crippen molar-refractivity contribution in [3.8, 4) is 0 Å². The molecule has 0 spiro atoms. The quantitative estimate of drug-likeness (QED) is 0.695. The van der Waals surface area contributed by atoms with Crippen LogP contribution in [0.5, 0.6) is 0 Å². The van der Waals surface area contributed by atoms with Crippen molar-refractivity contribution >= 4 is 23.1 Å². The summed E-state index contributed by atoms with van der Waals surface area (Å²) in [6.07, 6.45) is 1.63. The Morgan fingerprint density at radius 1 is 1.11 bits per heavy atom. The molecule has 1 aromatic carbocycles. The van der Waals surface area contributed by atoms with Crippen LogP contribution < -0.4 is 15.5 Å². The third-order valence-corrected chi connectivity index (χ3v) is 4.64. The summed E-state index contributed by atoms with van der Waals surface area (Å²) in [5, 5.41) is 14.6. The number of hydrogen-bond acceptors (Lipinski definition) is 8. The van der Waals surface area contributed by atoms with Gasteiger partial charge in [-0.05, 0) is 38.1 Å². The first-order chi connectivity index (χ1) is 13.3. The van der Waals surface area contributed by atoms with Gasteiger partial charge in [-0.1, -0.05) is 0 Å². The number of anilines is 4. The maximum Gasteiger partial charge on any atom is 0.244 e. The largest absolute Gasteiger partial charge is 0.379 e. The van der Waals surface area contributed by atoms with Gasteiger partial charge < -0.3 is 20.3 Å². The van der Waals surface area contributed by atoms with Crippen LogP contribution in [-0.2, 0) is 4.74 Å². The van der Waals surface area contributed by atoms with Crippen molar-refractivity contribution in [2.75, 3.05) is 68.0 Å². The average molecular weight is 371 g/mol. The van der Waals surface area contributed by atoms with Gasteiger partial charge in [-0.25, -0.2) is 0 Å². The van der Waals surface area contributed by atoms with Crippen LogP contribution in [0.3, 0.4) is 0 Å². The van der Waals surface area contributed by atoms with Gasteiger partial charge in [0.25, 0.3) is 0 Å². The first-order valence-corrected chi connectivity index (χ1v) is 9.64. The minimum atomic E-state index is 0.535. The highest BCUT2D eigenvalue weighted by molar-refractivity contribution is 5.60. The Hall–Kier alpha value is -2.45. The summed E-state index contributed by atoms with van der Waals surface area (Å²) in [6.45, 7) is 11.6. The summed E-state index contributed by atoms with van der Waals surface area (Å²) < 4.78 is 5.36. The van der Waals surface area contributed by atoms with Gasteiger partial charge in [-0.3, -0.25) is 4.90 Å². The Bertz CT molecular complexity index is 685. The second-order valence-corrected chi connectivity index (χ2v) is 6.39. The molecule has 1 saturated heterocycles. The van der Waals surface area contributed by atoms with E-state index in [1.807, 2.05) is 0 Å². The fourth-order valence-electron chi connectivity index (χ4n) is 3.08. The fraction of sp³-hybridized carbons (Fsp3) is 0.526. The van der Waals surface area contributed by atoms with Crippen LogP contribution in [0.4, 0.5) is 23.1 Å². The van der Waals surface area contributed by atoms with E-state index >= 15 is 0 Å². The molecule has 2 heterocycles. The molecule has 0 unspecified atom stereocenters. The number of morpholine rings is 1. The molecule has 1 aromatic heterocycles. The summed E-state index contributed by atoms with van der Waals surface area (Å²) in [4.78, 5) is 9.17. The highest BCUT2D eigenvalue weighted by atomic mass is 16.5. The maximum atomic E-state index is 5.36. The molecule has 0 bridgehead atoms. The van der Waals surface area contributed by atoms with Crippen LogP contribution in [0.25, 0.3) is 0 Å². The number of aromatic nitrogens is 3. The van der Waals surface area contributed by atoms with Crippen LogP contribution in [0, 0.1) is 0 Å². The second kappa shape index (κ2) is 10.0. The van der Waals surface area contributed by atoms with Crippen molar-refractivity contribution in [2.45, 2.75) is 13.8 Å². The van der Waals surface area contributed by atoms with E-state index in [4.69, 9.17) is 4.74 Å². The standard InChI is InChI=1S/C19H29N7O/c1-3-26(4-2)17-7-5-16(6-8-17)22-18-15-21-24-19(23-18)20-9-10-25-11-13-27-14-12-25/h5-8,15H,3-4,9-14H2,1-2H3,(H2,20,22,23,24). The van der Waals surface area contributed by atoms with Gasteiger partial charge in [0.15, 0.2) is 5.82 Å². The molecule has 0 aliphatic carbocycles. The minimum absolute atomic E-state index is 0.535. The van der Waals surface area contributed by atoms with Crippen molar-refractivity contribution in [3.63, 3.8) is 0 Å². The smallest absolute Gasteiger partial charge is 0.244 e. The Labute approximate surface area is 160 Å². The number of rotatable bonds is 9. The zero-order valence-corrected chi connectivity index (χ0v) is 16.2. The van der Waals surface area contributed by atoms with E-state index in [-0.39, 0.29) is 0 Å². The summed E-state index contributed by atoms with van der Waals surface area (Å²) in [7, 11) is 0. The van der Waals surface area contributed by atoms with Crippen molar-refractivity contribution < 1.29 is 4.74 Å². The Kier molecular flexibility index (Phi) is 7.18. The summed E-state index contributed by atoms with van der Waals surface area (Å²) in [6, 6.07) is 8.35. The number of nitrogens with zero attached hydrogens (tertiary/aromatic N) is 5. The molecule has 1 fully saturated rings. The van der Waals surface area contributed by atoms with Gasteiger partial charge in [0.1, 0.15) is 0 Å². The topological polar surface area (TPSA) is 78.4 Å². The predicted octanol–water partition coefficient (Wildman–Crippen LogP) is 2.21. The zero-order valence-electron chi connectivity index (χ0n) is 16.2. The molecular weight excluding hydrogens is 342 g/mol. The molecule has 27 heavy (non-hydrogen) atoms. The monoisotopic (exact) mass is 371 g/mol. The SMILES string of the molecule is CCN(CC)c1ccc(Nc2cnnc(NCCN3CCOCC3)n2)cc1. The molecule has 3 rings (SSSR count). The van der Waals surface area contributed by atoms with Crippen LogP contribution in [0.1, 0.15) is 13.8 Å². The van der Waals surface area contributed by atoms with Crippen molar-refractivity contribution in [2.24, 2.45) is 0 Å². The van der Waals surface area contributed by atoms with Crippen LogP contribution >= 0.6 is 0 Å². The minimum Gasteiger partial charge on any atom is -0.379 e. The molecule has 0 radical (unpaired) electrons. The maximum absolute atomic E-state index is 5.36. The molecule has 8 nitrogen and oxygen atoms in total. The summed E-state index contributed by atoms with van der Waals surface area (Å²) in [5.74, 6) is 1.21. The lowest BCUT2D eigenvalue weighted by Crippen LogP contribution is -2.39. The van der Waals surface area contributed by atoms with Gasteiger partial charge in [0, 0.05) is 50.6 Å². The number of benzene rings is 1. The number of nitrogens with one attached hydrogen (secondary N) is 2. The highest BCUT2D eigenvalue weighted by Crippen LogP contribution is 2.20. The molecule has 146 valence electrons. The molecule has 8 heteroatoms. The molecule has 1 aliphatic heterocycles. The van der Waals surface area contributed by atoms with E-state index in [0.717, 1.165) is 58.2 Å². The molecule has 0 atom stereocenters. The van der Waals surface area contributed by atoms with E-state index in [1.54, 1.807) is 6.20 Å². The summed E-state index contributed by atoms with van der Waals surface area (Å²) in [5.41, 5.74) is 2.20. The van der Waals surface area contributed by atoms with E-state index in [1.165, 1.54) is 5.69 Å². The number of ether oxygens (including phenoxy) is 1. The van der Waals surface area contributed by atoms with Crippen molar-refractivity contribution in [1.82, 2.24) is 20.1 Å². The van der Waals surface area contributed by atoms with Crippen LogP contribution in [0.2, 0.25) is 0 Å². The van der Waals surface area contributed by atoms with Gasteiger partial charge in [-0.2, -0.15) is 10.1 Å². The second-order valence-electron chi connectivity index (χ2n) is 6.39. The Balaban J connectivity index is 1.52. The lowest BCUT2D eigenvalue weighted by atomic mass is 10.2. The van der Waals surface area contributed by atoms with Crippen LogP contribution in [-0.4, -0.2) is 72.6 Å². The van der Waals surface area contributed by atoms with E-state index < -0.39 is 0 Å². The third-order valence-electron chi connectivity index (χ3n) is 4.64. The molecule has 0 amide bonds. The Morgan fingerprint density at radius 2 is 1.85 bits per heavy atom. The molecule has 2 N–H and O–H groups in total. The van der Waals surface area contributed by atoms with E-state index in [9.17, 15) is 0 Å². The Morgan fingerprint density at radius 3 is 2.56 bits per heavy atom. The molecule has 2 aromatic rings. The molecule has 0 saturated carbocycles. The van der Waals surface area contributed by atoms with Gasteiger partial charge in [0.05, 0.1) is 19.4 Å². The van der Waals surface area contributed by atoms with Crippen LogP contribution in [0.15, 0.2) is 30.5 Å². The van der Waals surface area contributed by atoms with E-state index in [0.29, 0.717) is 11.8 Å². The number of hydrogen-bond donors (Lipinski definition) is 2. The van der Waals surface area contributed by atoms with E-state index in [2.05, 4.69) is 73.7 Å². The lowest BCUT2D eigenvalue weighted by molar-refractivity contribution is 0.0398. The van der Waals surface area contributed by atoms with Gasteiger partial charge in [0.2, 0.25) is 5.95 Å². The van der Waals surface area contributed by atoms with Gasteiger partial charge in [-0.15, -0.1) is 5.10 Å². The summed E-state index contributed by atoms with van der Waals surface area (Å²) >= 11 is 0. The molecule has 1 aliphatic rings. The van der Waals surface area contributed by atoms with Gasteiger partial charge >= 0.3 is 0 Å². The molecular formula is C19H29N7O. The van der Waals surface area contributed by atoms with Crippen molar-refractivity contribution in [1.29, 1.82) is 0 Å². The zero-order chi connectivity index (χ0) is 18.9. The van der Waals surface area contributed by atoms with Crippen molar-refractivity contribution in [3.05, 3.63) is 30.5 Å². The average Bonchev–Trinajstić information content (AvgIpc) is 2.71. The fourth-order valence-corrected chi connectivity index (χ4v) is 3.08. The predicted molar refractivity (Wildman–Crippen MR) is 109 cm³/mol. The third kappa shape index (κ3) is 5.77.